The lowest BCUT2D eigenvalue weighted by Gasteiger charge is -2.16. The van der Waals surface area contributed by atoms with Gasteiger partial charge < -0.3 is 10.1 Å². The Labute approximate surface area is 124 Å². The van der Waals surface area contributed by atoms with Crippen LogP contribution in [-0.2, 0) is 12.8 Å². The van der Waals surface area contributed by atoms with Crippen molar-refractivity contribution in [1.29, 1.82) is 0 Å². The van der Waals surface area contributed by atoms with Crippen LogP contribution in [0.2, 0.25) is 5.02 Å². The van der Waals surface area contributed by atoms with Crippen molar-refractivity contribution in [1.82, 2.24) is 5.32 Å². The first-order valence-corrected chi connectivity index (χ1v) is 7.33. The fourth-order valence-corrected chi connectivity index (χ4v) is 3.16. The van der Waals surface area contributed by atoms with Crippen LogP contribution in [0.4, 0.5) is 0 Å². The molecule has 0 aromatic heterocycles. The second-order valence-corrected chi connectivity index (χ2v) is 5.42. The number of ether oxygens (including phenoxy) is 1. The molecule has 0 aliphatic carbocycles. The molecule has 0 radical (unpaired) electrons. The highest BCUT2D eigenvalue weighted by atomic mass is 35.5. The molecule has 0 saturated carbocycles. The zero-order valence-electron chi connectivity index (χ0n) is 11.6. The number of halogens is 1. The van der Waals surface area contributed by atoms with Gasteiger partial charge >= 0.3 is 0 Å². The molecule has 1 N–H and O–H groups in total. The van der Waals surface area contributed by atoms with Crippen LogP contribution in [0.5, 0.6) is 5.75 Å². The third kappa shape index (κ3) is 2.41. The first-order chi connectivity index (χ1) is 9.81. The monoisotopic (exact) mass is 287 g/mol. The second-order valence-electron chi connectivity index (χ2n) is 5.01. The van der Waals surface area contributed by atoms with Gasteiger partial charge in [-0.15, -0.1) is 0 Å². The van der Waals surface area contributed by atoms with Gasteiger partial charge in [0, 0.05) is 16.1 Å². The molecular formula is C17H18ClNO. The first-order valence-electron chi connectivity index (χ1n) is 6.95. The molecule has 0 saturated heterocycles. The van der Waals surface area contributed by atoms with Crippen LogP contribution in [0, 0.1) is 0 Å². The van der Waals surface area contributed by atoms with E-state index in [4.69, 9.17) is 16.3 Å². The maximum atomic E-state index is 6.50. The number of hydrogen-bond donors (Lipinski definition) is 1. The predicted octanol–water partition coefficient (Wildman–Crippen LogP) is 3.70. The molecule has 1 aliphatic heterocycles. The zero-order chi connectivity index (χ0) is 13.9. The SMILES string of the molecule is COc1ccccc1-c1c(Cl)ccc2c1CCNCC2. The number of hydrogen-bond acceptors (Lipinski definition) is 2. The van der Waals surface area contributed by atoms with Crippen LogP contribution in [0.25, 0.3) is 11.1 Å². The Balaban J connectivity index is 2.22. The second kappa shape index (κ2) is 5.86. The molecule has 2 aromatic rings. The van der Waals surface area contributed by atoms with Crippen molar-refractivity contribution in [2.45, 2.75) is 12.8 Å². The Morgan fingerprint density at radius 3 is 2.70 bits per heavy atom. The number of rotatable bonds is 2. The Morgan fingerprint density at radius 2 is 1.85 bits per heavy atom. The van der Waals surface area contributed by atoms with E-state index in [1.54, 1.807) is 7.11 Å². The van der Waals surface area contributed by atoms with Gasteiger partial charge in [-0.3, -0.25) is 0 Å². The number of para-hydroxylation sites is 1. The van der Waals surface area contributed by atoms with Gasteiger partial charge in [0.25, 0.3) is 0 Å². The van der Waals surface area contributed by atoms with E-state index in [0.717, 1.165) is 47.8 Å². The Kier molecular flexibility index (Phi) is 3.95. The molecule has 2 aromatic carbocycles. The zero-order valence-corrected chi connectivity index (χ0v) is 12.3. The van der Waals surface area contributed by atoms with Gasteiger partial charge in [0.2, 0.25) is 0 Å². The van der Waals surface area contributed by atoms with Gasteiger partial charge in [0.15, 0.2) is 0 Å². The molecule has 0 atom stereocenters. The average molecular weight is 288 g/mol. The van der Waals surface area contributed by atoms with Gasteiger partial charge in [-0.25, -0.2) is 0 Å². The van der Waals surface area contributed by atoms with Gasteiger partial charge in [-0.05, 0) is 49.2 Å². The van der Waals surface area contributed by atoms with Crippen molar-refractivity contribution in [2.75, 3.05) is 20.2 Å². The normalized spacial score (nSPS) is 14.5. The van der Waals surface area contributed by atoms with Crippen molar-refractivity contribution >= 4 is 11.6 Å². The molecule has 3 rings (SSSR count). The molecule has 1 heterocycles. The maximum absolute atomic E-state index is 6.50. The third-order valence-electron chi connectivity index (χ3n) is 3.86. The summed E-state index contributed by atoms with van der Waals surface area (Å²) in [4.78, 5) is 0. The largest absolute Gasteiger partial charge is 0.496 e. The van der Waals surface area contributed by atoms with E-state index in [1.165, 1.54) is 11.1 Å². The smallest absolute Gasteiger partial charge is 0.126 e. The highest BCUT2D eigenvalue weighted by Gasteiger charge is 2.18. The lowest BCUT2D eigenvalue weighted by Crippen LogP contribution is -2.16. The topological polar surface area (TPSA) is 21.3 Å². The Bertz CT molecular complexity index is 624. The molecule has 3 heteroatoms. The fraction of sp³-hybridized carbons (Fsp3) is 0.294. The van der Waals surface area contributed by atoms with Gasteiger partial charge in [-0.1, -0.05) is 35.9 Å². The molecule has 2 nitrogen and oxygen atoms in total. The molecule has 0 spiro atoms. The molecule has 104 valence electrons. The molecule has 0 amide bonds. The molecule has 20 heavy (non-hydrogen) atoms. The van der Waals surface area contributed by atoms with E-state index in [-0.39, 0.29) is 0 Å². The molecular weight excluding hydrogens is 270 g/mol. The quantitative estimate of drug-likeness (QED) is 0.909. The summed E-state index contributed by atoms with van der Waals surface area (Å²) >= 11 is 6.50. The average Bonchev–Trinajstić information content (AvgIpc) is 2.72. The lowest BCUT2D eigenvalue weighted by molar-refractivity contribution is 0.416. The van der Waals surface area contributed by atoms with E-state index < -0.39 is 0 Å². The highest BCUT2D eigenvalue weighted by molar-refractivity contribution is 6.33. The van der Waals surface area contributed by atoms with Crippen molar-refractivity contribution in [3.8, 4) is 16.9 Å². The van der Waals surface area contributed by atoms with Crippen LogP contribution in [0.15, 0.2) is 36.4 Å². The van der Waals surface area contributed by atoms with Crippen molar-refractivity contribution in [3.63, 3.8) is 0 Å². The third-order valence-corrected chi connectivity index (χ3v) is 4.17. The first kappa shape index (κ1) is 13.5. The van der Waals surface area contributed by atoms with Gasteiger partial charge in [0.1, 0.15) is 5.75 Å². The van der Waals surface area contributed by atoms with Crippen LogP contribution in [-0.4, -0.2) is 20.2 Å². The van der Waals surface area contributed by atoms with E-state index in [0.29, 0.717) is 0 Å². The fourth-order valence-electron chi connectivity index (χ4n) is 2.89. The maximum Gasteiger partial charge on any atom is 0.126 e. The Morgan fingerprint density at radius 1 is 1.05 bits per heavy atom. The Hall–Kier alpha value is -1.51. The summed E-state index contributed by atoms with van der Waals surface area (Å²) in [5.41, 5.74) is 4.95. The standard InChI is InChI=1S/C17H18ClNO/c1-20-16-5-3-2-4-14(16)17-13-9-11-19-10-8-12(13)6-7-15(17)18/h2-7,19H,8-11H2,1H3. The van der Waals surface area contributed by atoms with Crippen molar-refractivity contribution < 1.29 is 4.74 Å². The summed E-state index contributed by atoms with van der Waals surface area (Å²) in [6.45, 7) is 2.02. The van der Waals surface area contributed by atoms with Crippen LogP contribution < -0.4 is 10.1 Å². The van der Waals surface area contributed by atoms with E-state index in [1.807, 2.05) is 24.3 Å². The number of nitrogens with one attached hydrogen (secondary N) is 1. The van der Waals surface area contributed by atoms with Crippen LogP contribution in [0.3, 0.4) is 0 Å². The van der Waals surface area contributed by atoms with Gasteiger partial charge in [-0.2, -0.15) is 0 Å². The van der Waals surface area contributed by atoms with E-state index in [9.17, 15) is 0 Å². The molecule has 0 fully saturated rings. The minimum atomic E-state index is 0.801. The van der Waals surface area contributed by atoms with E-state index >= 15 is 0 Å². The predicted molar refractivity (Wildman–Crippen MR) is 83.7 cm³/mol. The summed E-state index contributed by atoms with van der Waals surface area (Å²) in [5.74, 6) is 0.875. The summed E-state index contributed by atoms with van der Waals surface area (Å²) in [7, 11) is 1.70. The minimum Gasteiger partial charge on any atom is -0.496 e. The number of fused-ring (bicyclic) bond motifs is 1. The molecule has 1 aliphatic rings. The summed E-state index contributed by atoms with van der Waals surface area (Å²) in [6, 6.07) is 12.2. The summed E-state index contributed by atoms with van der Waals surface area (Å²) in [6.07, 6.45) is 2.05. The van der Waals surface area contributed by atoms with Crippen molar-refractivity contribution in [2.24, 2.45) is 0 Å². The van der Waals surface area contributed by atoms with Crippen LogP contribution >= 0.6 is 11.6 Å². The van der Waals surface area contributed by atoms with Crippen LogP contribution in [0.1, 0.15) is 11.1 Å². The molecule has 0 bridgehead atoms. The van der Waals surface area contributed by atoms with Crippen molar-refractivity contribution in [3.05, 3.63) is 52.5 Å². The lowest BCUT2D eigenvalue weighted by atomic mass is 9.92. The summed E-state index contributed by atoms with van der Waals surface area (Å²) in [5, 5.41) is 4.25. The highest BCUT2D eigenvalue weighted by Crippen LogP contribution is 2.39. The summed E-state index contributed by atoms with van der Waals surface area (Å²) < 4.78 is 5.50. The minimum absolute atomic E-state index is 0.801. The number of methoxy groups -OCH3 is 1. The van der Waals surface area contributed by atoms with E-state index in [2.05, 4.69) is 17.4 Å². The molecule has 0 unspecified atom stereocenters. The number of benzene rings is 2. The van der Waals surface area contributed by atoms with Gasteiger partial charge in [0.05, 0.1) is 7.11 Å².